The van der Waals surface area contributed by atoms with Gasteiger partial charge in [0, 0.05) is 42.6 Å². The number of nitrogens with zero attached hydrogens (tertiary/aromatic N) is 4. The molecule has 1 aromatic heterocycles. The summed E-state index contributed by atoms with van der Waals surface area (Å²) in [5.74, 6) is 1.24. The van der Waals surface area contributed by atoms with Crippen LogP contribution in [0.2, 0.25) is 0 Å². The molecule has 1 atom stereocenters. The molecule has 3 rings (SSSR count). The van der Waals surface area contributed by atoms with Crippen molar-refractivity contribution in [1.29, 1.82) is 0 Å². The molecule has 8 nitrogen and oxygen atoms in total. The Morgan fingerprint density at radius 3 is 2.63 bits per heavy atom. The molecule has 27 heavy (non-hydrogen) atoms. The van der Waals surface area contributed by atoms with Crippen LogP contribution in [-0.2, 0) is 11.2 Å². The van der Waals surface area contributed by atoms with E-state index in [1.165, 1.54) is 12.1 Å². The fourth-order valence-electron chi connectivity index (χ4n) is 3.08. The minimum absolute atomic E-state index is 0.0150. The molecule has 0 spiro atoms. The lowest BCUT2D eigenvalue weighted by Gasteiger charge is -2.35. The lowest BCUT2D eigenvalue weighted by Crippen LogP contribution is -2.44. The zero-order valence-corrected chi connectivity index (χ0v) is 15.6. The van der Waals surface area contributed by atoms with E-state index in [-0.39, 0.29) is 23.6 Å². The van der Waals surface area contributed by atoms with Gasteiger partial charge in [-0.25, -0.2) is 0 Å². The highest BCUT2D eigenvalue weighted by Gasteiger charge is 2.31. The second-order valence-electron chi connectivity index (χ2n) is 6.98. The van der Waals surface area contributed by atoms with Crippen molar-refractivity contribution >= 4 is 11.6 Å². The van der Waals surface area contributed by atoms with Crippen LogP contribution in [0.3, 0.4) is 0 Å². The normalized spacial score (nSPS) is 15.2. The number of hydrogen-bond acceptors (Lipinski definition) is 6. The summed E-state index contributed by atoms with van der Waals surface area (Å²) in [5, 5.41) is 14.7. The standard InChI is InChI=1S/C19H24N4O4/c1-3-13(2)22(19(24)15-5-4-6-15)12-11-17-20-18(21-27-17)14-7-9-16(10-8-14)23(25)26/h7-10,13,15H,3-6,11-12H2,1-2H3. The van der Waals surface area contributed by atoms with Gasteiger partial charge in [-0.05, 0) is 38.3 Å². The Labute approximate surface area is 157 Å². The summed E-state index contributed by atoms with van der Waals surface area (Å²) in [6.07, 6.45) is 4.49. The third-order valence-electron chi connectivity index (χ3n) is 5.23. The molecule has 2 aromatic rings. The highest BCUT2D eigenvalue weighted by molar-refractivity contribution is 5.79. The van der Waals surface area contributed by atoms with Crippen LogP contribution in [0.4, 0.5) is 5.69 Å². The maximum atomic E-state index is 12.7. The van der Waals surface area contributed by atoms with E-state index < -0.39 is 4.92 Å². The van der Waals surface area contributed by atoms with Crippen molar-refractivity contribution in [1.82, 2.24) is 15.0 Å². The number of hydrogen-bond donors (Lipinski definition) is 0. The Morgan fingerprint density at radius 1 is 1.37 bits per heavy atom. The van der Waals surface area contributed by atoms with Gasteiger partial charge in [0.05, 0.1) is 4.92 Å². The molecule has 1 saturated carbocycles. The maximum absolute atomic E-state index is 12.7. The largest absolute Gasteiger partial charge is 0.339 e. The van der Waals surface area contributed by atoms with Gasteiger partial charge in [0.1, 0.15) is 0 Å². The second kappa shape index (κ2) is 8.28. The molecule has 0 saturated heterocycles. The Hall–Kier alpha value is -2.77. The molecule has 1 aromatic carbocycles. The van der Waals surface area contributed by atoms with Crippen molar-refractivity contribution in [2.24, 2.45) is 5.92 Å². The first-order chi connectivity index (χ1) is 13.0. The van der Waals surface area contributed by atoms with Crippen molar-refractivity contribution in [2.45, 2.75) is 52.0 Å². The van der Waals surface area contributed by atoms with Gasteiger partial charge < -0.3 is 9.42 Å². The first-order valence-corrected chi connectivity index (χ1v) is 9.37. The predicted molar refractivity (Wildman–Crippen MR) is 98.9 cm³/mol. The van der Waals surface area contributed by atoms with Crippen LogP contribution < -0.4 is 0 Å². The van der Waals surface area contributed by atoms with Crippen LogP contribution in [-0.4, -0.2) is 38.5 Å². The number of carbonyl (C=O) groups excluding carboxylic acids is 1. The summed E-state index contributed by atoms with van der Waals surface area (Å²) in [6.45, 7) is 4.68. The molecule has 1 amide bonds. The molecule has 1 aliphatic rings. The molecule has 144 valence electrons. The molecule has 1 unspecified atom stereocenters. The quantitative estimate of drug-likeness (QED) is 0.518. The van der Waals surface area contributed by atoms with E-state index in [1.54, 1.807) is 12.1 Å². The number of non-ortho nitro benzene ring substituents is 1. The predicted octanol–water partition coefficient (Wildman–Crippen LogP) is 3.61. The molecule has 1 fully saturated rings. The van der Waals surface area contributed by atoms with Crippen LogP contribution in [0.25, 0.3) is 11.4 Å². The van der Waals surface area contributed by atoms with Crippen LogP contribution >= 0.6 is 0 Å². The monoisotopic (exact) mass is 372 g/mol. The van der Waals surface area contributed by atoms with Gasteiger partial charge in [-0.2, -0.15) is 4.98 Å². The number of aromatic nitrogens is 2. The van der Waals surface area contributed by atoms with Crippen LogP contribution in [0.1, 0.15) is 45.4 Å². The number of nitro groups is 1. The third-order valence-corrected chi connectivity index (χ3v) is 5.23. The van der Waals surface area contributed by atoms with E-state index in [0.717, 1.165) is 25.7 Å². The topological polar surface area (TPSA) is 102 Å². The summed E-state index contributed by atoms with van der Waals surface area (Å²) in [6, 6.07) is 6.19. The van der Waals surface area contributed by atoms with E-state index in [1.807, 2.05) is 4.90 Å². The maximum Gasteiger partial charge on any atom is 0.269 e. The first-order valence-electron chi connectivity index (χ1n) is 9.37. The summed E-state index contributed by atoms with van der Waals surface area (Å²) < 4.78 is 5.31. The Kier molecular flexibility index (Phi) is 5.83. The van der Waals surface area contributed by atoms with Gasteiger partial charge in [0.15, 0.2) is 0 Å². The zero-order valence-electron chi connectivity index (χ0n) is 15.6. The number of benzene rings is 1. The van der Waals surface area contributed by atoms with Crippen LogP contribution in [0.5, 0.6) is 0 Å². The highest BCUT2D eigenvalue weighted by Crippen LogP contribution is 2.29. The van der Waals surface area contributed by atoms with Crippen molar-refractivity contribution < 1.29 is 14.2 Å². The third kappa shape index (κ3) is 4.32. The molecule has 0 radical (unpaired) electrons. The fraction of sp³-hybridized carbons (Fsp3) is 0.526. The second-order valence-corrected chi connectivity index (χ2v) is 6.98. The van der Waals surface area contributed by atoms with Gasteiger partial charge >= 0.3 is 0 Å². The minimum Gasteiger partial charge on any atom is -0.339 e. The van der Waals surface area contributed by atoms with Crippen molar-refractivity contribution in [2.75, 3.05) is 6.54 Å². The summed E-state index contributed by atoms with van der Waals surface area (Å²) in [7, 11) is 0. The van der Waals surface area contributed by atoms with E-state index in [4.69, 9.17) is 4.52 Å². The van der Waals surface area contributed by atoms with Gasteiger partial charge in [-0.15, -0.1) is 0 Å². The molecule has 0 N–H and O–H groups in total. The van der Waals surface area contributed by atoms with Crippen LogP contribution in [0.15, 0.2) is 28.8 Å². The number of rotatable bonds is 8. The van der Waals surface area contributed by atoms with Crippen molar-refractivity contribution in [3.05, 3.63) is 40.3 Å². The number of amides is 1. The van der Waals surface area contributed by atoms with E-state index >= 15 is 0 Å². The molecule has 0 aliphatic heterocycles. The average molecular weight is 372 g/mol. The summed E-state index contributed by atoms with van der Waals surface area (Å²) in [5.41, 5.74) is 0.668. The Balaban J connectivity index is 1.65. The van der Waals surface area contributed by atoms with Crippen molar-refractivity contribution in [3.63, 3.8) is 0 Å². The molecule has 1 aliphatic carbocycles. The lowest BCUT2D eigenvalue weighted by atomic mass is 9.84. The fourth-order valence-corrected chi connectivity index (χ4v) is 3.08. The summed E-state index contributed by atoms with van der Waals surface area (Å²) in [4.78, 5) is 29.2. The lowest BCUT2D eigenvalue weighted by molar-refractivity contribution is -0.384. The summed E-state index contributed by atoms with van der Waals surface area (Å²) >= 11 is 0. The SMILES string of the molecule is CCC(C)N(CCc1nc(-c2ccc([N+](=O)[O-])cc2)no1)C(=O)C1CCC1. The Bertz CT molecular complexity index is 798. The first kappa shape index (κ1) is 19.0. The van der Waals surface area contributed by atoms with E-state index in [0.29, 0.717) is 30.2 Å². The highest BCUT2D eigenvalue weighted by atomic mass is 16.6. The van der Waals surface area contributed by atoms with E-state index in [9.17, 15) is 14.9 Å². The number of carbonyl (C=O) groups is 1. The van der Waals surface area contributed by atoms with Gasteiger partial charge in [-0.3, -0.25) is 14.9 Å². The zero-order chi connectivity index (χ0) is 19.4. The van der Waals surface area contributed by atoms with Crippen molar-refractivity contribution in [3.8, 4) is 11.4 Å². The Morgan fingerprint density at radius 2 is 2.07 bits per heavy atom. The molecule has 0 bridgehead atoms. The van der Waals surface area contributed by atoms with Gasteiger partial charge in [0.2, 0.25) is 17.6 Å². The average Bonchev–Trinajstić information content (AvgIpc) is 3.09. The molecular weight excluding hydrogens is 348 g/mol. The minimum atomic E-state index is -0.450. The van der Waals surface area contributed by atoms with Gasteiger partial charge in [-0.1, -0.05) is 18.5 Å². The number of nitro benzene ring substituents is 1. The van der Waals surface area contributed by atoms with Gasteiger partial charge in [0.25, 0.3) is 5.69 Å². The van der Waals surface area contributed by atoms with Crippen LogP contribution in [0, 0.1) is 16.0 Å². The molecule has 8 heteroatoms. The molecular formula is C19H24N4O4. The molecule has 1 heterocycles. The van der Waals surface area contributed by atoms with E-state index in [2.05, 4.69) is 24.0 Å². The smallest absolute Gasteiger partial charge is 0.269 e.